The van der Waals surface area contributed by atoms with Gasteiger partial charge in [0.15, 0.2) is 6.19 Å². The van der Waals surface area contributed by atoms with Gasteiger partial charge in [0.05, 0.1) is 17.6 Å². The molecule has 2 heterocycles. The number of carbonyl (C=O) groups excluding carboxylic acids is 1. The Bertz CT molecular complexity index is 480. The Morgan fingerprint density at radius 1 is 1.71 bits per heavy atom. The van der Waals surface area contributed by atoms with E-state index in [1.165, 1.54) is 4.90 Å². The molecule has 0 saturated heterocycles. The number of rotatable bonds is 2. The number of pyridine rings is 1. The van der Waals surface area contributed by atoms with Crippen molar-refractivity contribution >= 4 is 17.3 Å². The molecule has 2 rings (SSSR count). The number of nitrogens with zero attached hydrogens (tertiary/aromatic N) is 3. The molecule has 0 saturated carbocycles. The maximum absolute atomic E-state index is 12.0. The van der Waals surface area contributed by atoms with Crippen molar-refractivity contribution in [2.75, 3.05) is 10.2 Å². The van der Waals surface area contributed by atoms with E-state index in [1.54, 1.807) is 18.5 Å². The van der Waals surface area contributed by atoms with Crippen LogP contribution in [0.1, 0.15) is 20.3 Å². The SMILES string of the molecule is CCC(C)C1C(=O)Nc2cnccc2N1C#N. The third-order valence-electron chi connectivity index (χ3n) is 3.15. The van der Waals surface area contributed by atoms with E-state index in [2.05, 4.69) is 16.5 Å². The zero-order valence-corrected chi connectivity index (χ0v) is 9.84. The first-order chi connectivity index (χ1) is 8.19. The molecule has 0 aliphatic carbocycles. The highest BCUT2D eigenvalue weighted by Crippen LogP contribution is 2.33. The molecule has 5 heteroatoms. The van der Waals surface area contributed by atoms with Gasteiger partial charge < -0.3 is 5.32 Å². The van der Waals surface area contributed by atoms with Gasteiger partial charge in [-0.15, -0.1) is 0 Å². The van der Waals surface area contributed by atoms with Crippen LogP contribution in [0, 0.1) is 17.4 Å². The maximum atomic E-state index is 12.0. The van der Waals surface area contributed by atoms with E-state index in [0.717, 1.165) is 6.42 Å². The van der Waals surface area contributed by atoms with Gasteiger partial charge in [0.1, 0.15) is 6.04 Å². The standard InChI is InChI=1S/C12H14N4O/c1-3-8(2)11-12(17)15-9-6-14-5-4-10(9)16(11)7-13/h4-6,8,11H,3H2,1-2H3,(H,15,17). The number of hydrogen-bond donors (Lipinski definition) is 1. The van der Waals surface area contributed by atoms with Crippen LogP contribution in [0.3, 0.4) is 0 Å². The molecule has 2 unspecified atom stereocenters. The first-order valence-electron chi connectivity index (χ1n) is 5.62. The summed E-state index contributed by atoms with van der Waals surface area (Å²) < 4.78 is 0. The van der Waals surface area contributed by atoms with E-state index in [0.29, 0.717) is 11.4 Å². The van der Waals surface area contributed by atoms with Crippen LogP contribution in [-0.2, 0) is 4.79 Å². The van der Waals surface area contributed by atoms with Gasteiger partial charge in [-0.25, -0.2) is 0 Å². The van der Waals surface area contributed by atoms with Crippen LogP contribution in [0.2, 0.25) is 0 Å². The summed E-state index contributed by atoms with van der Waals surface area (Å²) in [4.78, 5) is 17.4. The summed E-state index contributed by atoms with van der Waals surface area (Å²) >= 11 is 0. The molecule has 0 spiro atoms. The van der Waals surface area contributed by atoms with Crippen LogP contribution >= 0.6 is 0 Å². The highest BCUT2D eigenvalue weighted by atomic mass is 16.2. The van der Waals surface area contributed by atoms with Crippen molar-refractivity contribution in [1.29, 1.82) is 5.26 Å². The summed E-state index contributed by atoms with van der Waals surface area (Å²) in [6, 6.07) is 1.31. The average Bonchev–Trinajstić information content (AvgIpc) is 2.36. The molecule has 0 radical (unpaired) electrons. The fourth-order valence-electron chi connectivity index (χ4n) is 2.02. The molecule has 2 atom stereocenters. The summed E-state index contributed by atoms with van der Waals surface area (Å²) in [6.45, 7) is 3.98. The smallest absolute Gasteiger partial charge is 0.248 e. The van der Waals surface area contributed by atoms with E-state index in [1.807, 2.05) is 13.8 Å². The fourth-order valence-corrected chi connectivity index (χ4v) is 2.02. The normalized spacial score (nSPS) is 20.2. The topological polar surface area (TPSA) is 69.0 Å². The first-order valence-corrected chi connectivity index (χ1v) is 5.62. The second-order valence-corrected chi connectivity index (χ2v) is 4.18. The largest absolute Gasteiger partial charge is 0.321 e. The number of nitriles is 1. The predicted molar refractivity (Wildman–Crippen MR) is 64.2 cm³/mol. The lowest BCUT2D eigenvalue weighted by Gasteiger charge is -2.35. The van der Waals surface area contributed by atoms with Crippen molar-refractivity contribution < 1.29 is 4.79 Å². The number of nitrogens with one attached hydrogen (secondary N) is 1. The van der Waals surface area contributed by atoms with Crippen molar-refractivity contribution in [3.8, 4) is 6.19 Å². The number of anilines is 2. The minimum Gasteiger partial charge on any atom is -0.321 e. The van der Waals surface area contributed by atoms with E-state index >= 15 is 0 Å². The molecular formula is C12H14N4O. The minimum atomic E-state index is -0.431. The molecular weight excluding hydrogens is 216 g/mol. The molecule has 1 N–H and O–H groups in total. The Morgan fingerprint density at radius 3 is 3.12 bits per heavy atom. The Labute approximate surface area is 100 Å². The Kier molecular flexibility index (Phi) is 2.96. The summed E-state index contributed by atoms with van der Waals surface area (Å²) in [5, 5.41) is 12.0. The van der Waals surface area contributed by atoms with Crippen LogP contribution in [0.4, 0.5) is 11.4 Å². The van der Waals surface area contributed by atoms with Gasteiger partial charge in [-0.05, 0) is 12.0 Å². The molecule has 1 amide bonds. The Hall–Kier alpha value is -2.09. The maximum Gasteiger partial charge on any atom is 0.248 e. The molecule has 1 aromatic rings. The van der Waals surface area contributed by atoms with Crippen LogP contribution < -0.4 is 10.2 Å². The van der Waals surface area contributed by atoms with Gasteiger partial charge in [0.25, 0.3) is 0 Å². The van der Waals surface area contributed by atoms with Gasteiger partial charge >= 0.3 is 0 Å². The summed E-state index contributed by atoms with van der Waals surface area (Å²) in [6.07, 6.45) is 6.12. The summed E-state index contributed by atoms with van der Waals surface area (Å²) in [5.41, 5.74) is 1.31. The van der Waals surface area contributed by atoms with Crippen molar-refractivity contribution in [1.82, 2.24) is 4.98 Å². The molecule has 5 nitrogen and oxygen atoms in total. The van der Waals surface area contributed by atoms with Gasteiger partial charge in [0, 0.05) is 6.20 Å². The third-order valence-corrected chi connectivity index (χ3v) is 3.15. The number of fused-ring (bicyclic) bond motifs is 1. The quantitative estimate of drug-likeness (QED) is 0.786. The third kappa shape index (κ3) is 1.82. The van der Waals surface area contributed by atoms with Gasteiger partial charge in [0.2, 0.25) is 5.91 Å². The van der Waals surface area contributed by atoms with Crippen molar-refractivity contribution in [2.24, 2.45) is 5.92 Å². The van der Waals surface area contributed by atoms with E-state index in [-0.39, 0.29) is 11.8 Å². The molecule has 88 valence electrons. The first kappa shape index (κ1) is 11.4. The molecule has 0 aromatic carbocycles. The monoisotopic (exact) mass is 230 g/mol. The second kappa shape index (κ2) is 4.42. The van der Waals surface area contributed by atoms with Crippen molar-refractivity contribution in [3.63, 3.8) is 0 Å². The molecule has 1 aromatic heterocycles. The van der Waals surface area contributed by atoms with Crippen LogP contribution in [0.15, 0.2) is 18.5 Å². The molecule has 0 fully saturated rings. The zero-order chi connectivity index (χ0) is 12.4. The van der Waals surface area contributed by atoms with Gasteiger partial charge in [-0.2, -0.15) is 5.26 Å². The molecule has 1 aliphatic heterocycles. The number of amides is 1. The van der Waals surface area contributed by atoms with E-state index < -0.39 is 6.04 Å². The number of hydrogen-bond acceptors (Lipinski definition) is 4. The Balaban J connectivity index is 2.46. The zero-order valence-electron chi connectivity index (χ0n) is 9.84. The summed E-state index contributed by atoms with van der Waals surface area (Å²) in [5.74, 6) is -0.0163. The van der Waals surface area contributed by atoms with Gasteiger partial charge in [-0.1, -0.05) is 20.3 Å². The fraction of sp³-hybridized carbons (Fsp3) is 0.417. The van der Waals surface area contributed by atoms with E-state index in [4.69, 9.17) is 0 Å². The lowest BCUT2D eigenvalue weighted by molar-refractivity contribution is -0.118. The highest BCUT2D eigenvalue weighted by Gasteiger charge is 2.36. The average molecular weight is 230 g/mol. The summed E-state index contributed by atoms with van der Waals surface area (Å²) in [7, 11) is 0. The number of aromatic nitrogens is 1. The molecule has 17 heavy (non-hydrogen) atoms. The van der Waals surface area contributed by atoms with Crippen LogP contribution in [-0.4, -0.2) is 16.9 Å². The highest BCUT2D eigenvalue weighted by molar-refractivity contribution is 6.04. The lowest BCUT2D eigenvalue weighted by Crippen LogP contribution is -2.49. The van der Waals surface area contributed by atoms with Crippen LogP contribution in [0.25, 0.3) is 0 Å². The van der Waals surface area contributed by atoms with Gasteiger partial charge in [-0.3, -0.25) is 14.7 Å². The second-order valence-electron chi connectivity index (χ2n) is 4.18. The number of carbonyl (C=O) groups is 1. The molecule has 0 bridgehead atoms. The van der Waals surface area contributed by atoms with Crippen molar-refractivity contribution in [3.05, 3.63) is 18.5 Å². The Morgan fingerprint density at radius 2 is 2.47 bits per heavy atom. The van der Waals surface area contributed by atoms with Crippen LogP contribution in [0.5, 0.6) is 0 Å². The van der Waals surface area contributed by atoms with E-state index in [9.17, 15) is 10.1 Å². The minimum absolute atomic E-state index is 0.121. The molecule has 1 aliphatic rings. The predicted octanol–water partition coefficient (Wildman–Crippen LogP) is 1.74. The lowest BCUT2D eigenvalue weighted by atomic mass is 9.95. The van der Waals surface area contributed by atoms with Crippen molar-refractivity contribution in [2.45, 2.75) is 26.3 Å².